The molecule has 25 heavy (non-hydrogen) atoms. The second-order valence-corrected chi connectivity index (χ2v) is 6.74. The second-order valence-electron chi connectivity index (χ2n) is 6.74. The smallest absolute Gasteiger partial charge is 0.245 e. The van der Waals surface area contributed by atoms with E-state index < -0.39 is 0 Å². The first-order chi connectivity index (χ1) is 12.1. The molecule has 1 amide bonds. The summed E-state index contributed by atoms with van der Waals surface area (Å²) < 4.78 is 1.71. The Balaban J connectivity index is 2.09. The molecule has 3 rings (SSSR count). The summed E-state index contributed by atoms with van der Waals surface area (Å²) in [6, 6.07) is 10.3. The molecule has 130 valence electrons. The molecule has 2 aromatic rings. The standard InChI is InChI=1S/C20H25N4O/c1-4-12-24(20(25)23-11-10-21-14-23)15-22-19(16(2)3)18(24)13-17-8-6-5-7-9-17/h5-11,14-16H,4,12-13H2,1-3H3/q+1. The lowest BCUT2D eigenvalue weighted by Crippen LogP contribution is -2.52. The number of allylic oxidation sites excluding steroid dienone is 2. The monoisotopic (exact) mass is 337 g/mol. The van der Waals surface area contributed by atoms with Crippen molar-refractivity contribution in [3.05, 3.63) is 66.0 Å². The van der Waals surface area contributed by atoms with Crippen LogP contribution >= 0.6 is 0 Å². The predicted octanol–water partition coefficient (Wildman–Crippen LogP) is 4.23. The van der Waals surface area contributed by atoms with Crippen LogP contribution in [0.25, 0.3) is 0 Å². The lowest BCUT2D eigenvalue weighted by Gasteiger charge is -2.30. The predicted molar refractivity (Wildman–Crippen MR) is 98.9 cm³/mol. The fourth-order valence-corrected chi connectivity index (χ4v) is 3.40. The van der Waals surface area contributed by atoms with Crippen LogP contribution in [-0.2, 0) is 6.42 Å². The highest BCUT2D eigenvalue weighted by molar-refractivity contribution is 5.81. The summed E-state index contributed by atoms with van der Waals surface area (Å²) in [6.45, 7) is 7.05. The van der Waals surface area contributed by atoms with E-state index in [1.807, 2.05) is 24.5 Å². The van der Waals surface area contributed by atoms with Crippen molar-refractivity contribution in [2.45, 2.75) is 33.6 Å². The number of hydrogen-bond acceptors (Lipinski definition) is 3. The van der Waals surface area contributed by atoms with Gasteiger partial charge in [-0.1, -0.05) is 51.1 Å². The van der Waals surface area contributed by atoms with E-state index in [4.69, 9.17) is 0 Å². The fraction of sp³-hybridized carbons (Fsp3) is 0.350. The van der Waals surface area contributed by atoms with Crippen LogP contribution in [0.15, 0.2) is 65.4 Å². The van der Waals surface area contributed by atoms with Crippen LogP contribution in [0.2, 0.25) is 0 Å². The Morgan fingerprint density at radius 1 is 1.24 bits per heavy atom. The molecule has 5 heteroatoms. The topological polar surface area (TPSA) is 47.2 Å². The van der Waals surface area contributed by atoms with Gasteiger partial charge in [-0.25, -0.2) is 19.3 Å². The summed E-state index contributed by atoms with van der Waals surface area (Å²) in [6.07, 6.45) is 8.33. The molecular formula is C20H25N4O+. The number of carbonyl (C=O) groups is 1. The van der Waals surface area contributed by atoms with E-state index >= 15 is 0 Å². The first kappa shape index (κ1) is 17.3. The van der Waals surface area contributed by atoms with Crippen LogP contribution in [0, 0.1) is 5.92 Å². The number of rotatable bonds is 5. The third kappa shape index (κ3) is 3.20. The zero-order valence-electron chi connectivity index (χ0n) is 15.1. The molecule has 0 N–H and O–H groups in total. The van der Waals surface area contributed by atoms with E-state index in [9.17, 15) is 4.79 Å². The molecule has 0 saturated heterocycles. The Hall–Kier alpha value is -2.53. The van der Waals surface area contributed by atoms with Gasteiger partial charge in [-0.15, -0.1) is 0 Å². The van der Waals surface area contributed by atoms with Crippen molar-refractivity contribution >= 4 is 12.4 Å². The molecule has 1 aromatic heterocycles. The summed E-state index contributed by atoms with van der Waals surface area (Å²) >= 11 is 0. The molecule has 0 spiro atoms. The summed E-state index contributed by atoms with van der Waals surface area (Å²) in [4.78, 5) is 22.1. The third-order valence-electron chi connectivity index (χ3n) is 4.58. The van der Waals surface area contributed by atoms with Gasteiger partial charge in [0.15, 0.2) is 5.70 Å². The lowest BCUT2D eigenvalue weighted by atomic mass is 10.0. The Morgan fingerprint density at radius 3 is 2.60 bits per heavy atom. The van der Waals surface area contributed by atoms with E-state index in [2.05, 4.69) is 42.9 Å². The number of aliphatic imine (C=N–C) groups is 1. The molecule has 1 aliphatic rings. The Kier molecular flexibility index (Phi) is 4.95. The maximum atomic E-state index is 13.4. The first-order valence-electron chi connectivity index (χ1n) is 8.82. The Bertz CT molecular complexity index is 790. The van der Waals surface area contributed by atoms with Gasteiger partial charge in [-0.3, -0.25) is 0 Å². The molecule has 1 unspecified atom stereocenters. The van der Waals surface area contributed by atoms with Gasteiger partial charge in [0.25, 0.3) is 0 Å². The Labute approximate surface area is 148 Å². The van der Waals surface area contributed by atoms with Gasteiger partial charge in [0.1, 0.15) is 12.0 Å². The molecule has 0 fully saturated rings. The molecule has 0 radical (unpaired) electrons. The zero-order chi connectivity index (χ0) is 17.9. The molecule has 0 bridgehead atoms. The van der Waals surface area contributed by atoms with E-state index in [1.54, 1.807) is 23.3 Å². The van der Waals surface area contributed by atoms with Gasteiger partial charge in [-0.05, 0) is 12.0 Å². The number of nitrogens with zero attached hydrogens (tertiary/aromatic N) is 4. The third-order valence-corrected chi connectivity index (χ3v) is 4.58. The van der Waals surface area contributed by atoms with Gasteiger partial charge in [0.05, 0.1) is 13.0 Å². The van der Waals surface area contributed by atoms with Crippen LogP contribution in [0.1, 0.15) is 32.8 Å². The SMILES string of the molecule is CCC[N+]1(C(=O)n2ccnc2)C=NC(C(C)C)=C1Cc1ccccc1. The van der Waals surface area contributed by atoms with Crippen molar-refractivity contribution in [2.75, 3.05) is 6.54 Å². The molecule has 2 heterocycles. The van der Waals surface area contributed by atoms with Crippen LogP contribution in [0.3, 0.4) is 0 Å². The van der Waals surface area contributed by atoms with Gasteiger partial charge < -0.3 is 0 Å². The number of carbonyl (C=O) groups excluding carboxylic acids is 1. The van der Waals surface area contributed by atoms with E-state index in [0.29, 0.717) is 6.54 Å². The number of benzene rings is 1. The molecule has 1 aliphatic heterocycles. The van der Waals surface area contributed by atoms with Crippen molar-refractivity contribution in [2.24, 2.45) is 10.9 Å². The highest BCUT2D eigenvalue weighted by Gasteiger charge is 2.46. The zero-order valence-corrected chi connectivity index (χ0v) is 15.1. The maximum Gasteiger partial charge on any atom is 0.439 e. The average molecular weight is 337 g/mol. The van der Waals surface area contributed by atoms with Crippen LogP contribution in [0.5, 0.6) is 0 Å². The molecule has 1 atom stereocenters. The van der Waals surface area contributed by atoms with Crippen molar-refractivity contribution < 1.29 is 9.28 Å². The summed E-state index contributed by atoms with van der Waals surface area (Å²) in [5, 5.41) is 0. The largest absolute Gasteiger partial charge is 0.439 e. The quantitative estimate of drug-likeness (QED) is 0.767. The van der Waals surface area contributed by atoms with Crippen LogP contribution in [0.4, 0.5) is 4.79 Å². The van der Waals surface area contributed by atoms with Crippen molar-refractivity contribution in [1.82, 2.24) is 9.55 Å². The van der Waals surface area contributed by atoms with Crippen molar-refractivity contribution in [3.8, 4) is 0 Å². The van der Waals surface area contributed by atoms with Crippen molar-refractivity contribution in [1.29, 1.82) is 0 Å². The van der Waals surface area contributed by atoms with Crippen LogP contribution < -0.4 is 0 Å². The number of amides is 1. The minimum Gasteiger partial charge on any atom is -0.245 e. The van der Waals surface area contributed by atoms with Crippen molar-refractivity contribution in [3.63, 3.8) is 0 Å². The molecular weight excluding hydrogens is 312 g/mol. The number of imidazole rings is 1. The summed E-state index contributed by atoms with van der Waals surface area (Å²) in [5.41, 5.74) is 3.28. The Morgan fingerprint density at radius 2 is 2.00 bits per heavy atom. The minimum absolute atomic E-state index is 0.0234. The second kappa shape index (κ2) is 7.15. The number of hydrogen-bond donors (Lipinski definition) is 0. The number of aromatic nitrogens is 2. The first-order valence-corrected chi connectivity index (χ1v) is 8.82. The maximum absolute atomic E-state index is 13.4. The van der Waals surface area contributed by atoms with Gasteiger partial charge in [0.2, 0.25) is 6.34 Å². The lowest BCUT2D eigenvalue weighted by molar-refractivity contribution is -0.708. The average Bonchev–Trinajstić information content (AvgIpc) is 3.25. The molecule has 5 nitrogen and oxygen atoms in total. The highest BCUT2D eigenvalue weighted by Crippen LogP contribution is 2.34. The van der Waals surface area contributed by atoms with Crippen LogP contribution in [-0.4, -0.2) is 32.9 Å². The molecule has 1 aromatic carbocycles. The number of quaternary nitrogens is 1. The minimum atomic E-state index is -0.0234. The van der Waals surface area contributed by atoms with Gasteiger partial charge in [-0.2, -0.15) is 4.48 Å². The fourth-order valence-electron chi connectivity index (χ4n) is 3.40. The summed E-state index contributed by atoms with van der Waals surface area (Å²) in [5.74, 6) is 0.266. The van der Waals surface area contributed by atoms with E-state index in [0.717, 1.165) is 24.2 Å². The van der Waals surface area contributed by atoms with E-state index in [-0.39, 0.29) is 16.4 Å². The molecule has 0 aliphatic carbocycles. The highest BCUT2D eigenvalue weighted by atomic mass is 16.2. The van der Waals surface area contributed by atoms with E-state index in [1.165, 1.54) is 5.56 Å². The van der Waals surface area contributed by atoms with Gasteiger partial charge in [0, 0.05) is 18.3 Å². The summed E-state index contributed by atoms with van der Waals surface area (Å²) in [7, 11) is 0. The normalized spacial score (nSPS) is 19.8. The molecule has 0 saturated carbocycles. The van der Waals surface area contributed by atoms with Gasteiger partial charge >= 0.3 is 6.03 Å².